The Labute approximate surface area is 113 Å². The summed E-state index contributed by atoms with van der Waals surface area (Å²) < 4.78 is 0. The maximum absolute atomic E-state index is 12.4. The smallest absolute Gasteiger partial charge is 0.314 e. The van der Waals surface area contributed by atoms with Gasteiger partial charge in [0, 0.05) is 26.2 Å². The van der Waals surface area contributed by atoms with Crippen molar-refractivity contribution in [2.75, 3.05) is 26.2 Å². The molecular weight excluding hydrogens is 246 g/mol. The predicted octanol–water partition coefficient (Wildman–Crippen LogP) is 0.151. The number of hydrogen-bond donors (Lipinski definition) is 2. The monoisotopic (exact) mass is 269 g/mol. The lowest BCUT2D eigenvalue weighted by molar-refractivity contribution is -0.140. The summed E-state index contributed by atoms with van der Waals surface area (Å²) in [5.74, 6) is -0.0363. The van der Waals surface area contributed by atoms with E-state index in [1.165, 1.54) is 0 Å². The molecular formula is C13H23N3O3. The van der Waals surface area contributed by atoms with Crippen LogP contribution in [-0.4, -0.2) is 58.6 Å². The summed E-state index contributed by atoms with van der Waals surface area (Å²) in [4.78, 5) is 26.9. The van der Waals surface area contributed by atoms with Crippen molar-refractivity contribution in [1.29, 1.82) is 0 Å². The summed E-state index contributed by atoms with van der Waals surface area (Å²) in [5.41, 5.74) is 4.62. The van der Waals surface area contributed by atoms with Crippen molar-refractivity contribution < 1.29 is 14.7 Å². The second kappa shape index (κ2) is 5.36. The molecule has 0 aromatic heterocycles. The van der Waals surface area contributed by atoms with Crippen molar-refractivity contribution in [2.45, 2.75) is 38.2 Å². The Balaban J connectivity index is 1.91. The second-order valence-corrected chi connectivity index (χ2v) is 5.95. The zero-order chi connectivity index (χ0) is 14.0. The average Bonchev–Trinajstić information content (AvgIpc) is 2.38. The molecule has 0 spiro atoms. The van der Waals surface area contributed by atoms with Gasteiger partial charge in [-0.3, -0.25) is 4.79 Å². The van der Waals surface area contributed by atoms with Crippen LogP contribution in [0.3, 0.4) is 0 Å². The first-order valence-corrected chi connectivity index (χ1v) is 6.94. The van der Waals surface area contributed by atoms with Crippen LogP contribution in [0.15, 0.2) is 0 Å². The van der Waals surface area contributed by atoms with E-state index in [1.807, 2.05) is 11.8 Å². The molecule has 2 heterocycles. The lowest BCUT2D eigenvalue weighted by Gasteiger charge is -2.39. The Hall–Kier alpha value is -1.30. The molecule has 3 amide bonds. The Morgan fingerprint density at radius 2 is 1.84 bits per heavy atom. The maximum atomic E-state index is 12.4. The number of carbonyl (C=O) groups is 2. The van der Waals surface area contributed by atoms with E-state index in [-0.39, 0.29) is 11.8 Å². The molecule has 1 atom stereocenters. The highest BCUT2D eigenvalue weighted by Gasteiger charge is 2.34. The number of amides is 3. The normalized spacial score (nSPS) is 27.2. The van der Waals surface area contributed by atoms with Gasteiger partial charge < -0.3 is 20.6 Å². The highest BCUT2D eigenvalue weighted by Crippen LogP contribution is 2.25. The molecule has 6 heteroatoms. The van der Waals surface area contributed by atoms with Gasteiger partial charge in [0.1, 0.15) is 0 Å². The number of carbonyl (C=O) groups excluding carboxylic acids is 2. The zero-order valence-corrected chi connectivity index (χ0v) is 11.5. The van der Waals surface area contributed by atoms with Gasteiger partial charge in [0.2, 0.25) is 5.91 Å². The van der Waals surface area contributed by atoms with Crippen LogP contribution in [-0.2, 0) is 4.79 Å². The van der Waals surface area contributed by atoms with E-state index in [1.54, 1.807) is 4.90 Å². The van der Waals surface area contributed by atoms with Crippen LogP contribution < -0.4 is 5.73 Å². The number of hydrogen-bond acceptors (Lipinski definition) is 3. The fourth-order valence-electron chi connectivity index (χ4n) is 2.85. The van der Waals surface area contributed by atoms with Gasteiger partial charge >= 0.3 is 6.03 Å². The van der Waals surface area contributed by atoms with E-state index in [0.717, 1.165) is 12.8 Å². The van der Waals surface area contributed by atoms with Crippen molar-refractivity contribution >= 4 is 11.9 Å². The molecule has 2 saturated heterocycles. The molecule has 0 aromatic rings. The highest BCUT2D eigenvalue weighted by molar-refractivity contribution is 5.80. The maximum Gasteiger partial charge on any atom is 0.314 e. The third-order valence-corrected chi connectivity index (χ3v) is 4.23. The third kappa shape index (κ3) is 3.37. The number of nitrogens with two attached hydrogens (primary N) is 1. The van der Waals surface area contributed by atoms with Gasteiger partial charge in [-0.1, -0.05) is 0 Å². The summed E-state index contributed by atoms with van der Waals surface area (Å²) >= 11 is 0. The Kier molecular flexibility index (Phi) is 3.99. The van der Waals surface area contributed by atoms with E-state index < -0.39 is 11.6 Å². The number of aliphatic hydroxyl groups is 1. The van der Waals surface area contributed by atoms with Gasteiger partial charge in [0.15, 0.2) is 0 Å². The van der Waals surface area contributed by atoms with Crippen molar-refractivity contribution in [3.8, 4) is 0 Å². The zero-order valence-electron chi connectivity index (χ0n) is 11.5. The molecule has 3 N–H and O–H groups in total. The van der Waals surface area contributed by atoms with Crippen LogP contribution in [0.25, 0.3) is 0 Å². The van der Waals surface area contributed by atoms with Crippen LogP contribution >= 0.6 is 0 Å². The first-order valence-electron chi connectivity index (χ1n) is 6.94. The summed E-state index contributed by atoms with van der Waals surface area (Å²) in [6.45, 7) is 4.08. The molecule has 0 bridgehead atoms. The summed E-state index contributed by atoms with van der Waals surface area (Å²) in [6.07, 6.45) is 2.87. The molecule has 1 unspecified atom stereocenters. The fourth-order valence-corrected chi connectivity index (χ4v) is 2.85. The lowest BCUT2D eigenvalue weighted by Crippen LogP contribution is -2.51. The number of piperidine rings is 2. The molecule has 108 valence electrons. The number of primary amides is 1. The quantitative estimate of drug-likeness (QED) is 0.710. The van der Waals surface area contributed by atoms with Gasteiger partial charge in [0.05, 0.1) is 11.5 Å². The Morgan fingerprint density at radius 3 is 2.42 bits per heavy atom. The first kappa shape index (κ1) is 14.1. The van der Waals surface area contributed by atoms with Gasteiger partial charge in [-0.15, -0.1) is 0 Å². The predicted molar refractivity (Wildman–Crippen MR) is 70.3 cm³/mol. The molecule has 0 saturated carbocycles. The topological polar surface area (TPSA) is 86.9 Å². The lowest BCUT2D eigenvalue weighted by atomic mass is 9.91. The molecule has 0 aromatic carbocycles. The highest BCUT2D eigenvalue weighted by atomic mass is 16.3. The average molecular weight is 269 g/mol. The Bertz CT molecular complexity index is 360. The molecule has 19 heavy (non-hydrogen) atoms. The second-order valence-electron chi connectivity index (χ2n) is 5.95. The molecule has 0 radical (unpaired) electrons. The SMILES string of the molecule is CC1(O)CCN(C(=O)C2CCCN(C(N)=O)C2)CC1. The standard InChI is InChI=1S/C13H23N3O3/c1-13(19)4-7-15(8-5-13)11(17)10-3-2-6-16(9-10)12(14)18/h10,19H,2-9H2,1H3,(H2,14,18). The molecule has 2 aliphatic heterocycles. The molecule has 6 nitrogen and oxygen atoms in total. The van der Waals surface area contributed by atoms with Crippen LogP contribution in [0.1, 0.15) is 32.6 Å². The van der Waals surface area contributed by atoms with Gasteiger partial charge in [-0.25, -0.2) is 4.79 Å². The summed E-state index contributed by atoms with van der Waals surface area (Å²) in [5, 5.41) is 9.89. The number of rotatable bonds is 1. The van der Waals surface area contributed by atoms with E-state index in [2.05, 4.69) is 0 Å². The third-order valence-electron chi connectivity index (χ3n) is 4.23. The van der Waals surface area contributed by atoms with E-state index >= 15 is 0 Å². The first-order chi connectivity index (χ1) is 8.89. The minimum absolute atomic E-state index is 0.0986. The fraction of sp³-hybridized carbons (Fsp3) is 0.846. The molecule has 2 aliphatic rings. The molecule has 2 rings (SSSR count). The summed E-state index contributed by atoms with van der Waals surface area (Å²) in [7, 11) is 0. The van der Waals surface area contributed by atoms with Crippen molar-refractivity contribution in [2.24, 2.45) is 11.7 Å². The van der Waals surface area contributed by atoms with Crippen LogP contribution in [0, 0.1) is 5.92 Å². The minimum Gasteiger partial charge on any atom is -0.390 e. The minimum atomic E-state index is -0.650. The summed E-state index contributed by atoms with van der Waals surface area (Å²) in [6, 6.07) is -0.445. The van der Waals surface area contributed by atoms with E-state index in [0.29, 0.717) is 39.0 Å². The molecule has 0 aliphatic carbocycles. The van der Waals surface area contributed by atoms with Crippen molar-refractivity contribution in [3.63, 3.8) is 0 Å². The largest absolute Gasteiger partial charge is 0.390 e. The van der Waals surface area contributed by atoms with Crippen molar-refractivity contribution in [1.82, 2.24) is 9.80 Å². The van der Waals surface area contributed by atoms with Crippen LogP contribution in [0.2, 0.25) is 0 Å². The van der Waals surface area contributed by atoms with Crippen LogP contribution in [0.4, 0.5) is 4.79 Å². The van der Waals surface area contributed by atoms with Gasteiger partial charge in [0.25, 0.3) is 0 Å². The van der Waals surface area contributed by atoms with E-state index in [9.17, 15) is 14.7 Å². The van der Waals surface area contributed by atoms with Gasteiger partial charge in [-0.2, -0.15) is 0 Å². The van der Waals surface area contributed by atoms with Gasteiger partial charge in [-0.05, 0) is 32.6 Å². The number of likely N-dealkylation sites (tertiary alicyclic amines) is 2. The number of urea groups is 1. The van der Waals surface area contributed by atoms with Crippen molar-refractivity contribution in [3.05, 3.63) is 0 Å². The Morgan fingerprint density at radius 1 is 1.21 bits per heavy atom. The number of nitrogens with zero attached hydrogens (tertiary/aromatic N) is 2. The van der Waals surface area contributed by atoms with E-state index in [4.69, 9.17) is 5.73 Å². The molecule has 2 fully saturated rings. The van der Waals surface area contributed by atoms with Crippen LogP contribution in [0.5, 0.6) is 0 Å².